The maximum Gasteiger partial charge on any atom is 0.231 e. The second-order valence-corrected chi connectivity index (χ2v) is 13.1. The summed E-state index contributed by atoms with van der Waals surface area (Å²) in [5.74, 6) is 2.42. The molecule has 2 unspecified atom stereocenters. The van der Waals surface area contributed by atoms with Gasteiger partial charge in [-0.25, -0.2) is 0 Å². The summed E-state index contributed by atoms with van der Waals surface area (Å²) in [5.41, 5.74) is 6.26. The van der Waals surface area contributed by atoms with Gasteiger partial charge in [0.25, 0.3) is 0 Å². The molecule has 0 spiro atoms. The number of amides is 1. The topological polar surface area (TPSA) is 126 Å². The highest BCUT2D eigenvalue weighted by molar-refractivity contribution is 5.76. The fourth-order valence-corrected chi connectivity index (χ4v) is 8.48. The average Bonchev–Trinajstić information content (AvgIpc) is 3.58. The number of nitrogens with one attached hydrogen (secondary N) is 1. The van der Waals surface area contributed by atoms with Gasteiger partial charge in [0.05, 0.1) is 25.3 Å². The molecule has 1 amide bonds. The molecule has 5 atom stereocenters. The van der Waals surface area contributed by atoms with E-state index in [-0.39, 0.29) is 49.9 Å². The highest BCUT2D eigenvalue weighted by atomic mass is 16.7. The van der Waals surface area contributed by atoms with Crippen molar-refractivity contribution in [3.63, 3.8) is 0 Å². The molecule has 0 aromatic heterocycles. The quantitative estimate of drug-likeness (QED) is 0.324. The zero-order valence-corrected chi connectivity index (χ0v) is 28.0. The van der Waals surface area contributed by atoms with E-state index in [0.717, 1.165) is 33.4 Å². The van der Waals surface area contributed by atoms with Gasteiger partial charge in [-0.3, -0.25) is 14.6 Å². The molecule has 2 N–H and O–H groups in total. The van der Waals surface area contributed by atoms with Crippen LogP contribution in [-0.2, 0) is 28.8 Å². The Morgan fingerprint density at radius 3 is 2.58 bits per heavy atom. The summed E-state index contributed by atoms with van der Waals surface area (Å²) in [6.45, 7) is 4.14. The van der Waals surface area contributed by atoms with Crippen molar-refractivity contribution in [2.75, 3.05) is 41.4 Å². The number of benzene rings is 3. The first-order valence-corrected chi connectivity index (χ1v) is 16.4. The Labute approximate surface area is 280 Å². The summed E-state index contributed by atoms with van der Waals surface area (Å²) in [7, 11) is 5.29. The molecule has 0 saturated carbocycles. The third kappa shape index (κ3) is 5.10. The third-order valence-corrected chi connectivity index (χ3v) is 10.6. The molecule has 252 valence electrons. The largest absolute Gasteiger partial charge is 0.507 e. The van der Waals surface area contributed by atoms with Gasteiger partial charge in [-0.05, 0) is 56.8 Å². The van der Waals surface area contributed by atoms with E-state index in [0.29, 0.717) is 54.2 Å². The Morgan fingerprint density at radius 1 is 1.08 bits per heavy atom. The summed E-state index contributed by atoms with van der Waals surface area (Å²) in [4.78, 5) is 17.9. The number of fused-ring (bicyclic) bond motifs is 9. The van der Waals surface area contributed by atoms with Gasteiger partial charge in [-0.1, -0.05) is 36.4 Å². The van der Waals surface area contributed by atoms with E-state index in [2.05, 4.69) is 34.3 Å². The number of hydrogen-bond donors (Lipinski definition) is 2. The first-order chi connectivity index (χ1) is 23.3. The number of phenolic OH excluding ortho intramolecular Hbond substituents is 1. The summed E-state index contributed by atoms with van der Waals surface area (Å²) >= 11 is 0. The predicted octanol–water partition coefficient (Wildman–Crippen LogP) is 4.25. The Hall–Kier alpha value is -4.50. The molecule has 1 fully saturated rings. The van der Waals surface area contributed by atoms with Gasteiger partial charge in [0.1, 0.15) is 11.8 Å². The number of aryl methyl sites for hydroxylation is 2. The molecular formula is C37H42N4O7. The van der Waals surface area contributed by atoms with Crippen LogP contribution in [0.4, 0.5) is 0 Å². The predicted molar refractivity (Wildman–Crippen MR) is 176 cm³/mol. The van der Waals surface area contributed by atoms with Gasteiger partial charge < -0.3 is 34.1 Å². The Morgan fingerprint density at radius 2 is 1.85 bits per heavy atom. The van der Waals surface area contributed by atoms with Crippen molar-refractivity contribution in [1.82, 2.24) is 15.1 Å². The van der Waals surface area contributed by atoms with Crippen LogP contribution >= 0.6 is 0 Å². The molecule has 11 nitrogen and oxygen atoms in total. The lowest BCUT2D eigenvalue weighted by Gasteiger charge is -2.60. The molecular weight excluding hydrogens is 612 g/mol. The Bertz CT molecular complexity index is 1770. The maximum absolute atomic E-state index is 13.3. The highest BCUT2D eigenvalue weighted by Gasteiger charge is 2.56. The highest BCUT2D eigenvalue weighted by Crippen LogP contribution is 2.58. The fraction of sp³-hybridized carbons (Fsp3) is 0.459. The number of carbonyl (C=O) groups excluding carboxylic acids is 1. The van der Waals surface area contributed by atoms with E-state index in [1.807, 2.05) is 44.2 Å². The van der Waals surface area contributed by atoms with E-state index in [9.17, 15) is 15.2 Å². The van der Waals surface area contributed by atoms with Crippen LogP contribution in [0.3, 0.4) is 0 Å². The van der Waals surface area contributed by atoms with Crippen molar-refractivity contribution < 1.29 is 33.6 Å². The van der Waals surface area contributed by atoms with Gasteiger partial charge in [-0.2, -0.15) is 5.26 Å². The smallest absolute Gasteiger partial charge is 0.231 e. The molecule has 1 saturated heterocycles. The van der Waals surface area contributed by atoms with Crippen molar-refractivity contribution in [3.05, 3.63) is 75.3 Å². The molecule has 4 heterocycles. The fourth-order valence-electron chi connectivity index (χ4n) is 8.48. The van der Waals surface area contributed by atoms with Crippen LogP contribution in [0.1, 0.15) is 57.4 Å². The average molecular weight is 655 g/mol. The summed E-state index contributed by atoms with van der Waals surface area (Å²) < 4.78 is 29.4. The lowest BCUT2D eigenvalue weighted by Crippen LogP contribution is -2.68. The Balaban J connectivity index is 1.34. The SMILES string of the molecule is COCOc1c(OC)c(C)cc2c1[C@@H]1C3Cc4c(O)c(C)c5c(c4[C@H](CNC(=O)CCc4ccccc4)N3[C@@H](C#N)C(C2)N1C)OCO5. The van der Waals surface area contributed by atoms with E-state index in [1.165, 1.54) is 0 Å². The molecule has 7 rings (SSSR count). The lowest BCUT2D eigenvalue weighted by molar-refractivity contribution is -0.122. The number of nitriles is 1. The number of methoxy groups -OCH3 is 2. The number of rotatable bonds is 9. The maximum atomic E-state index is 13.3. The summed E-state index contributed by atoms with van der Waals surface area (Å²) in [6.07, 6.45) is 2.01. The number of ether oxygens (including phenoxy) is 5. The molecule has 48 heavy (non-hydrogen) atoms. The van der Waals surface area contributed by atoms with Gasteiger partial charge in [-0.15, -0.1) is 0 Å². The van der Waals surface area contributed by atoms with Crippen LogP contribution in [-0.4, -0.2) is 80.3 Å². The van der Waals surface area contributed by atoms with Crippen LogP contribution in [0.5, 0.6) is 28.7 Å². The number of likely N-dealkylation sites (N-methyl/N-ethyl adjacent to an activating group) is 1. The molecule has 2 bridgehead atoms. The number of hydrogen-bond acceptors (Lipinski definition) is 10. The Kier molecular flexibility index (Phi) is 8.58. The molecule has 0 aliphatic carbocycles. The zero-order valence-electron chi connectivity index (χ0n) is 28.0. The van der Waals surface area contributed by atoms with Gasteiger partial charge in [0.2, 0.25) is 12.7 Å². The molecule has 4 aliphatic heterocycles. The van der Waals surface area contributed by atoms with Crippen molar-refractivity contribution >= 4 is 5.91 Å². The second kappa shape index (κ2) is 12.8. The third-order valence-electron chi connectivity index (χ3n) is 10.6. The monoisotopic (exact) mass is 654 g/mol. The molecule has 0 radical (unpaired) electrons. The summed E-state index contributed by atoms with van der Waals surface area (Å²) in [5, 5.41) is 25.8. The first-order valence-electron chi connectivity index (χ1n) is 16.4. The van der Waals surface area contributed by atoms with Gasteiger partial charge >= 0.3 is 0 Å². The van der Waals surface area contributed by atoms with Crippen molar-refractivity contribution in [3.8, 4) is 34.8 Å². The minimum absolute atomic E-state index is 0.0357. The van der Waals surface area contributed by atoms with Crippen molar-refractivity contribution in [1.29, 1.82) is 5.26 Å². The zero-order chi connectivity index (χ0) is 33.7. The number of phenols is 1. The van der Waals surface area contributed by atoms with Crippen molar-refractivity contribution in [2.24, 2.45) is 0 Å². The van der Waals surface area contributed by atoms with Gasteiger partial charge in [0, 0.05) is 54.4 Å². The summed E-state index contributed by atoms with van der Waals surface area (Å²) in [6, 6.07) is 13.1. The second-order valence-electron chi connectivity index (χ2n) is 13.1. The van der Waals surface area contributed by atoms with Crippen LogP contribution in [0.25, 0.3) is 0 Å². The van der Waals surface area contributed by atoms with Crippen LogP contribution in [0.15, 0.2) is 36.4 Å². The molecule has 4 aliphatic rings. The van der Waals surface area contributed by atoms with E-state index < -0.39 is 12.1 Å². The number of aromatic hydroxyl groups is 1. The molecule has 3 aromatic carbocycles. The van der Waals surface area contributed by atoms with Crippen LogP contribution in [0.2, 0.25) is 0 Å². The molecule has 3 aromatic rings. The number of carbonyl (C=O) groups is 1. The normalized spacial score (nSPS) is 23.8. The van der Waals surface area contributed by atoms with E-state index in [1.54, 1.807) is 14.2 Å². The standard InChI is InChI=1S/C37H42N4O7/c1-20-13-23-14-25-27(16-38)41-26(32(40(25)3)30(23)36(34(20)45-5)46-18-44-4)15-24-31(37-35(47-19-48-37)21(2)33(24)43)28(41)17-39-29(42)12-11-22-9-7-6-8-10-22/h6-10,13,25-28,32,43H,11-12,14-15,17-19H2,1-5H3,(H,39,42)/t25?,26?,27-,28-,32-/m0/s1. The van der Waals surface area contributed by atoms with E-state index >= 15 is 0 Å². The minimum atomic E-state index is -0.518. The van der Waals surface area contributed by atoms with Crippen LogP contribution < -0.4 is 24.3 Å². The number of piperazine rings is 1. The van der Waals surface area contributed by atoms with Crippen molar-refractivity contribution in [2.45, 2.75) is 69.7 Å². The number of nitrogens with zero attached hydrogens (tertiary/aromatic N) is 3. The first kappa shape index (κ1) is 32.1. The van der Waals surface area contributed by atoms with Crippen LogP contribution in [0, 0.1) is 25.2 Å². The van der Waals surface area contributed by atoms with E-state index in [4.69, 9.17) is 23.7 Å². The minimum Gasteiger partial charge on any atom is -0.507 e. The lowest BCUT2D eigenvalue weighted by atomic mass is 9.71. The van der Waals surface area contributed by atoms with Gasteiger partial charge in [0.15, 0.2) is 29.8 Å². The molecule has 11 heteroatoms.